The van der Waals surface area contributed by atoms with Crippen molar-refractivity contribution in [2.75, 3.05) is 17.7 Å². The Balaban J connectivity index is 0.00000196. The lowest BCUT2D eigenvalue weighted by Crippen LogP contribution is -2.30. The molecular formula is C10H19ClN2OSi. The van der Waals surface area contributed by atoms with Crippen molar-refractivity contribution in [2.24, 2.45) is 0 Å². The minimum atomic E-state index is -1.20. The molecule has 1 aromatic rings. The number of anilines is 2. The maximum atomic E-state index is 5.75. The fraction of sp³-hybridized carbons (Fsp3) is 0.400. The summed E-state index contributed by atoms with van der Waals surface area (Å²) in [5, 5.41) is 0. The smallest absolute Gasteiger partial charge is 0.143 e. The fourth-order valence-electron chi connectivity index (χ4n) is 0.970. The number of ether oxygens (including phenoxy) is 1. The van der Waals surface area contributed by atoms with Gasteiger partial charge in [0, 0.05) is 11.8 Å². The summed E-state index contributed by atoms with van der Waals surface area (Å²) in [6.45, 7) is 6.74. The predicted octanol–water partition coefficient (Wildman–Crippen LogP) is 2.53. The zero-order valence-electron chi connectivity index (χ0n) is 9.41. The second kappa shape index (κ2) is 5.28. The third-order valence-electron chi connectivity index (χ3n) is 1.70. The zero-order chi connectivity index (χ0) is 10.8. The number of rotatable bonds is 3. The molecule has 0 radical (unpaired) electrons. The van der Waals surface area contributed by atoms with Crippen LogP contribution in [0.2, 0.25) is 19.6 Å². The molecule has 0 saturated heterocycles. The van der Waals surface area contributed by atoms with E-state index in [0.717, 1.165) is 6.23 Å². The lowest BCUT2D eigenvalue weighted by molar-refractivity contribution is 0.380. The topological polar surface area (TPSA) is 61.3 Å². The van der Waals surface area contributed by atoms with Crippen LogP contribution in [0.25, 0.3) is 0 Å². The normalized spacial score (nSPS) is 10.6. The van der Waals surface area contributed by atoms with Crippen LogP contribution in [0.3, 0.4) is 0 Å². The van der Waals surface area contributed by atoms with Crippen LogP contribution in [0.1, 0.15) is 0 Å². The van der Waals surface area contributed by atoms with Gasteiger partial charge in [-0.05, 0) is 12.1 Å². The van der Waals surface area contributed by atoms with Gasteiger partial charge in [-0.2, -0.15) is 0 Å². The van der Waals surface area contributed by atoms with E-state index in [1.165, 1.54) is 0 Å². The van der Waals surface area contributed by atoms with E-state index in [4.69, 9.17) is 16.2 Å². The Morgan fingerprint density at radius 2 is 1.80 bits per heavy atom. The average Bonchev–Trinajstić information content (AvgIpc) is 2.05. The van der Waals surface area contributed by atoms with Gasteiger partial charge in [0.15, 0.2) is 0 Å². The molecule has 0 aliphatic rings. The number of nitrogen functional groups attached to an aromatic ring is 2. The van der Waals surface area contributed by atoms with E-state index in [2.05, 4.69) is 19.6 Å². The van der Waals surface area contributed by atoms with Gasteiger partial charge in [0.25, 0.3) is 0 Å². The minimum absolute atomic E-state index is 0. The molecule has 4 N–H and O–H groups in total. The third-order valence-corrected chi connectivity index (χ3v) is 2.71. The van der Waals surface area contributed by atoms with Crippen molar-refractivity contribution in [1.82, 2.24) is 0 Å². The van der Waals surface area contributed by atoms with E-state index in [1.54, 1.807) is 18.2 Å². The summed E-state index contributed by atoms with van der Waals surface area (Å²) in [4.78, 5) is 0. The molecule has 5 heteroatoms. The van der Waals surface area contributed by atoms with E-state index in [9.17, 15) is 0 Å². The number of halogens is 1. The summed E-state index contributed by atoms with van der Waals surface area (Å²) in [5.74, 6) is 0.701. The van der Waals surface area contributed by atoms with Gasteiger partial charge in [0.1, 0.15) is 5.75 Å². The average molecular weight is 247 g/mol. The monoisotopic (exact) mass is 246 g/mol. The Kier molecular flexibility index (Phi) is 4.97. The summed E-state index contributed by atoms with van der Waals surface area (Å²) in [6, 6.07) is 5.32. The van der Waals surface area contributed by atoms with Gasteiger partial charge in [0.2, 0.25) is 0 Å². The number of nitrogens with two attached hydrogens (primary N) is 2. The molecule has 86 valence electrons. The van der Waals surface area contributed by atoms with Gasteiger partial charge < -0.3 is 16.2 Å². The lowest BCUT2D eigenvalue weighted by Gasteiger charge is -2.17. The van der Waals surface area contributed by atoms with Crippen molar-refractivity contribution in [3.05, 3.63) is 18.2 Å². The van der Waals surface area contributed by atoms with Crippen molar-refractivity contribution >= 4 is 31.9 Å². The highest BCUT2D eigenvalue weighted by atomic mass is 35.5. The molecule has 0 unspecified atom stereocenters. The van der Waals surface area contributed by atoms with Crippen molar-refractivity contribution in [3.63, 3.8) is 0 Å². The highest BCUT2D eigenvalue weighted by molar-refractivity contribution is 6.76. The summed E-state index contributed by atoms with van der Waals surface area (Å²) < 4.78 is 5.64. The number of hydrogen-bond acceptors (Lipinski definition) is 3. The Morgan fingerprint density at radius 3 is 2.33 bits per heavy atom. The van der Waals surface area contributed by atoms with Crippen LogP contribution < -0.4 is 16.2 Å². The summed E-state index contributed by atoms with van der Waals surface area (Å²) in [5.41, 5.74) is 12.7. The molecule has 1 aromatic carbocycles. The molecule has 0 heterocycles. The number of benzene rings is 1. The molecule has 0 aliphatic carbocycles. The molecule has 0 saturated carbocycles. The Labute approximate surface area is 98.2 Å². The lowest BCUT2D eigenvalue weighted by atomic mass is 10.3. The molecule has 0 atom stereocenters. The second-order valence-corrected chi connectivity index (χ2v) is 10.1. The number of hydrogen-bond donors (Lipinski definition) is 2. The van der Waals surface area contributed by atoms with E-state index < -0.39 is 8.07 Å². The first kappa shape index (κ1) is 14.1. The molecular weight excluding hydrogens is 228 g/mol. The minimum Gasteiger partial charge on any atom is -0.495 e. The molecule has 0 aromatic heterocycles. The Hall–Kier alpha value is -0.873. The van der Waals surface area contributed by atoms with Crippen LogP contribution in [0, 0.1) is 0 Å². The Morgan fingerprint density at radius 1 is 1.20 bits per heavy atom. The third kappa shape index (κ3) is 4.95. The van der Waals surface area contributed by atoms with Crippen LogP contribution >= 0.6 is 12.4 Å². The quantitative estimate of drug-likeness (QED) is 0.637. The van der Waals surface area contributed by atoms with Gasteiger partial charge in [0.05, 0.1) is 20.0 Å². The van der Waals surface area contributed by atoms with Crippen LogP contribution in [0.5, 0.6) is 5.75 Å². The van der Waals surface area contributed by atoms with Crippen LogP contribution in [-0.2, 0) is 0 Å². The van der Waals surface area contributed by atoms with Gasteiger partial charge in [-0.15, -0.1) is 12.4 Å². The molecule has 1 rings (SSSR count). The van der Waals surface area contributed by atoms with Gasteiger partial charge in [-0.25, -0.2) is 0 Å². The molecule has 15 heavy (non-hydrogen) atoms. The first-order valence-corrected chi connectivity index (χ1v) is 8.37. The van der Waals surface area contributed by atoms with Gasteiger partial charge >= 0.3 is 0 Å². The fourth-order valence-corrected chi connectivity index (χ4v) is 1.56. The summed E-state index contributed by atoms with van der Waals surface area (Å²) in [7, 11) is -1.20. The van der Waals surface area contributed by atoms with Gasteiger partial charge in [-0.1, -0.05) is 19.6 Å². The maximum absolute atomic E-state index is 5.75. The predicted molar refractivity (Wildman–Crippen MR) is 71.4 cm³/mol. The van der Waals surface area contributed by atoms with Crippen molar-refractivity contribution < 1.29 is 4.74 Å². The van der Waals surface area contributed by atoms with Crippen molar-refractivity contribution in [1.29, 1.82) is 0 Å². The van der Waals surface area contributed by atoms with E-state index in [-0.39, 0.29) is 12.4 Å². The van der Waals surface area contributed by atoms with Gasteiger partial charge in [-0.3, -0.25) is 0 Å². The SMILES string of the molecule is C[Si](C)(C)COc1cc(N)ccc1N.Cl. The van der Waals surface area contributed by atoms with E-state index >= 15 is 0 Å². The van der Waals surface area contributed by atoms with Crippen molar-refractivity contribution in [3.8, 4) is 5.75 Å². The Bertz CT molecular complexity index is 326. The second-order valence-electron chi connectivity index (χ2n) is 4.65. The maximum Gasteiger partial charge on any atom is 0.143 e. The molecule has 0 spiro atoms. The van der Waals surface area contributed by atoms with Crippen LogP contribution in [0.15, 0.2) is 18.2 Å². The molecule has 0 aliphatic heterocycles. The standard InChI is InChI=1S/C10H18N2OSi.ClH/c1-14(2,3)7-13-10-6-8(11)4-5-9(10)12;/h4-6H,7,11-12H2,1-3H3;1H. The molecule has 0 fully saturated rings. The first-order valence-electron chi connectivity index (χ1n) is 4.66. The highest BCUT2D eigenvalue weighted by Crippen LogP contribution is 2.24. The van der Waals surface area contributed by atoms with E-state index in [1.807, 2.05) is 0 Å². The highest BCUT2D eigenvalue weighted by Gasteiger charge is 2.14. The first-order chi connectivity index (χ1) is 6.38. The molecule has 3 nitrogen and oxygen atoms in total. The molecule has 0 bridgehead atoms. The molecule has 0 amide bonds. The zero-order valence-corrected chi connectivity index (χ0v) is 11.2. The van der Waals surface area contributed by atoms with Crippen LogP contribution in [-0.4, -0.2) is 14.3 Å². The van der Waals surface area contributed by atoms with E-state index in [0.29, 0.717) is 17.1 Å². The van der Waals surface area contributed by atoms with Crippen molar-refractivity contribution in [2.45, 2.75) is 19.6 Å². The largest absolute Gasteiger partial charge is 0.495 e. The van der Waals surface area contributed by atoms with Crippen LogP contribution in [0.4, 0.5) is 11.4 Å². The summed E-state index contributed by atoms with van der Waals surface area (Å²) >= 11 is 0. The summed E-state index contributed by atoms with van der Waals surface area (Å²) in [6.07, 6.45) is 0.765.